The van der Waals surface area contributed by atoms with E-state index in [4.69, 9.17) is 4.74 Å². The van der Waals surface area contributed by atoms with Gasteiger partial charge in [-0.1, -0.05) is 24.3 Å². The molecule has 4 nitrogen and oxygen atoms in total. The van der Waals surface area contributed by atoms with E-state index in [0.29, 0.717) is 0 Å². The van der Waals surface area contributed by atoms with Crippen LogP contribution in [0.15, 0.2) is 24.3 Å². The largest absolute Gasteiger partial charge is 0.390 e. The average Bonchev–Trinajstić information content (AvgIpc) is 2.34. The Balaban J connectivity index is 1.94. The Hall–Kier alpha value is -0.910. The molecule has 0 unspecified atom stereocenters. The Labute approximate surface area is 114 Å². The van der Waals surface area contributed by atoms with E-state index in [1.807, 2.05) is 18.2 Å². The van der Waals surface area contributed by atoms with E-state index in [2.05, 4.69) is 6.07 Å². The van der Waals surface area contributed by atoms with E-state index in [1.54, 1.807) is 0 Å². The van der Waals surface area contributed by atoms with Crippen molar-refractivity contribution in [3.8, 4) is 0 Å². The highest BCUT2D eigenvalue weighted by Crippen LogP contribution is 2.32. The van der Waals surface area contributed by atoms with Crippen LogP contribution in [-0.4, -0.2) is 38.2 Å². The molecule has 5 heteroatoms. The lowest BCUT2D eigenvalue weighted by Crippen LogP contribution is -2.26. The molecule has 19 heavy (non-hydrogen) atoms. The summed E-state index contributed by atoms with van der Waals surface area (Å²) < 4.78 is 27.9. The van der Waals surface area contributed by atoms with Gasteiger partial charge in [0.05, 0.1) is 24.6 Å². The topological polar surface area (TPSA) is 63.6 Å². The summed E-state index contributed by atoms with van der Waals surface area (Å²) in [5, 5.41) is 9.66. The zero-order valence-corrected chi connectivity index (χ0v) is 11.9. The normalized spacial score (nSPS) is 20.8. The maximum Gasteiger partial charge on any atom is 0.150 e. The summed E-state index contributed by atoms with van der Waals surface area (Å²) in [5.74, 6) is -0.249. The van der Waals surface area contributed by atoms with Crippen molar-refractivity contribution in [1.29, 1.82) is 0 Å². The number of aryl methyl sites for hydroxylation is 1. The first-order valence-corrected chi connectivity index (χ1v) is 8.57. The van der Waals surface area contributed by atoms with Gasteiger partial charge in [-0.2, -0.15) is 0 Å². The van der Waals surface area contributed by atoms with Crippen molar-refractivity contribution in [2.24, 2.45) is 0 Å². The van der Waals surface area contributed by atoms with Gasteiger partial charge in [0.15, 0.2) is 0 Å². The Kier molecular flexibility index (Phi) is 4.60. The van der Waals surface area contributed by atoms with Crippen molar-refractivity contribution < 1.29 is 18.3 Å². The molecule has 2 rings (SSSR count). The van der Waals surface area contributed by atoms with Crippen LogP contribution in [0.2, 0.25) is 0 Å². The van der Waals surface area contributed by atoms with Gasteiger partial charge in [-0.05, 0) is 30.4 Å². The molecule has 0 saturated carbocycles. The quantitative estimate of drug-likeness (QED) is 0.889. The molecule has 0 amide bonds. The van der Waals surface area contributed by atoms with Crippen molar-refractivity contribution in [1.82, 2.24) is 0 Å². The average molecular weight is 284 g/mol. The van der Waals surface area contributed by atoms with Gasteiger partial charge in [-0.3, -0.25) is 0 Å². The van der Waals surface area contributed by atoms with Gasteiger partial charge < -0.3 is 9.84 Å². The lowest BCUT2D eigenvalue weighted by Gasteiger charge is -2.26. The molecular weight excluding hydrogens is 264 g/mol. The van der Waals surface area contributed by atoms with Crippen LogP contribution in [0, 0.1) is 0 Å². The van der Waals surface area contributed by atoms with Gasteiger partial charge in [0.1, 0.15) is 9.84 Å². The van der Waals surface area contributed by atoms with E-state index >= 15 is 0 Å². The van der Waals surface area contributed by atoms with Crippen LogP contribution in [-0.2, 0) is 21.0 Å². The molecule has 1 N–H and O–H groups in total. The van der Waals surface area contributed by atoms with Crippen molar-refractivity contribution in [3.63, 3.8) is 0 Å². The summed E-state index contributed by atoms with van der Waals surface area (Å²) in [4.78, 5) is 0. The second kappa shape index (κ2) is 6.03. The van der Waals surface area contributed by atoms with E-state index in [9.17, 15) is 13.5 Å². The third-order valence-electron chi connectivity index (χ3n) is 3.30. The predicted molar refractivity (Wildman–Crippen MR) is 73.8 cm³/mol. The summed E-state index contributed by atoms with van der Waals surface area (Å²) >= 11 is 0. The first-order chi connectivity index (χ1) is 8.96. The molecule has 0 aromatic heterocycles. The molecule has 0 spiro atoms. The number of ether oxygens (including phenoxy) is 1. The second-order valence-corrected chi connectivity index (χ2v) is 7.34. The minimum absolute atomic E-state index is 0.0286. The Bertz CT molecular complexity index is 524. The van der Waals surface area contributed by atoms with Crippen LogP contribution in [0.25, 0.3) is 0 Å². The van der Waals surface area contributed by atoms with E-state index in [-0.39, 0.29) is 18.5 Å². The third kappa shape index (κ3) is 4.30. The van der Waals surface area contributed by atoms with Crippen molar-refractivity contribution in [3.05, 3.63) is 35.4 Å². The number of rotatable bonds is 5. The van der Waals surface area contributed by atoms with Gasteiger partial charge in [0.25, 0.3) is 0 Å². The smallest absolute Gasteiger partial charge is 0.150 e. The molecule has 0 bridgehead atoms. The fourth-order valence-corrected chi connectivity index (χ4v) is 3.30. The van der Waals surface area contributed by atoms with Crippen LogP contribution < -0.4 is 0 Å². The molecule has 1 aliphatic rings. The summed E-state index contributed by atoms with van der Waals surface area (Å²) in [6.07, 6.45) is 3.17. The van der Waals surface area contributed by atoms with Gasteiger partial charge in [-0.15, -0.1) is 0 Å². The van der Waals surface area contributed by atoms with Crippen LogP contribution in [0.4, 0.5) is 0 Å². The Morgan fingerprint density at radius 2 is 2.16 bits per heavy atom. The molecule has 0 aliphatic heterocycles. The Morgan fingerprint density at radius 3 is 2.89 bits per heavy atom. The number of fused-ring (bicyclic) bond motifs is 1. The van der Waals surface area contributed by atoms with Gasteiger partial charge in [0, 0.05) is 6.26 Å². The maximum absolute atomic E-state index is 11.1. The predicted octanol–water partition coefficient (Wildman–Crippen LogP) is 1.49. The number of benzene rings is 1. The molecule has 1 aromatic carbocycles. The summed E-state index contributed by atoms with van der Waals surface area (Å²) in [5.41, 5.74) is 2.46. The van der Waals surface area contributed by atoms with Gasteiger partial charge in [-0.25, -0.2) is 8.42 Å². The molecule has 2 atom stereocenters. The molecule has 1 aliphatic carbocycles. The fourth-order valence-electron chi connectivity index (χ4n) is 2.51. The number of sulfone groups is 1. The number of hydrogen-bond donors (Lipinski definition) is 1. The standard InChI is InChI=1S/C14H20O4S/c1-19(16,17)10-12(15)9-18-14-8-4-6-11-5-2-3-7-13(11)14/h2-3,5,7,12,14-15H,4,6,8-10H2,1H3/t12-,14+/m1/s1. The van der Waals surface area contributed by atoms with Gasteiger partial charge in [0.2, 0.25) is 0 Å². The summed E-state index contributed by atoms with van der Waals surface area (Å²) in [7, 11) is -3.17. The summed E-state index contributed by atoms with van der Waals surface area (Å²) in [6.45, 7) is 0.0616. The molecule has 0 fully saturated rings. The highest BCUT2D eigenvalue weighted by Gasteiger charge is 2.22. The van der Waals surface area contributed by atoms with Crippen molar-refractivity contribution in [2.45, 2.75) is 31.5 Å². The van der Waals surface area contributed by atoms with Crippen molar-refractivity contribution in [2.75, 3.05) is 18.6 Å². The molecule has 0 radical (unpaired) electrons. The molecule has 1 aromatic rings. The number of hydrogen-bond acceptors (Lipinski definition) is 4. The number of aliphatic hydroxyl groups is 1. The van der Waals surface area contributed by atoms with Crippen LogP contribution in [0.1, 0.15) is 30.1 Å². The maximum atomic E-state index is 11.1. The van der Waals surface area contributed by atoms with Crippen LogP contribution in [0.5, 0.6) is 0 Å². The second-order valence-electron chi connectivity index (χ2n) is 5.16. The lowest BCUT2D eigenvalue weighted by molar-refractivity contribution is -0.0100. The van der Waals surface area contributed by atoms with Crippen molar-refractivity contribution >= 4 is 9.84 Å². The molecule has 0 saturated heterocycles. The third-order valence-corrected chi connectivity index (χ3v) is 4.29. The molecule has 106 valence electrons. The monoisotopic (exact) mass is 284 g/mol. The fraction of sp³-hybridized carbons (Fsp3) is 0.571. The Morgan fingerprint density at radius 1 is 1.42 bits per heavy atom. The highest BCUT2D eigenvalue weighted by atomic mass is 32.2. The number of aliphatic hydroxyl groups excluding tert-OH is 1. The minimum Gasteiger partial charge on any atom is -0.390 e. The molecular formula is C14H20O4S. The highest BCUT2D eigenvalue weighted by molar-refractivity contribution is 7.90. The van der Waals surface area contributed by atoms with Crippen LogP contribution in [0.3, 0.4) is 0 Å². The SMILES string of the molecule is CS(=O)(=O)C[C@H](O)CO[C@H]1CCCc2ccccc21. The van der Waals surface area contributed by atoms with E-state index in [0.717, 1.165) is 25.5 Å². The lowest BCUT2D eigenvalue weighted by atomic mass is 9.89. The first-order valence-electron chi connectivity index (χ1n) is 6.51. The van der Waals surface area contributed by atoms with Crippen LogP contribution >= 0.6 is 0 Å². The summed E-state index contributed by atoms with van der Waals surface area (Å²) in [6, 6.07) is 8.13. The first kappa shape index (κ1) is 14.5. The van der Waals surface area contributed by atoms with E-state index < -0.39 is 15.9 Å². The van der Waals surface area contributed by atoms with Gasteiger partial charge >= 0.3 is 0 Å². The minimum atomic E-state index is -3.17. The molecule has 0 heterocycles. The van der Waals surface area contributed by atoms with E-state index in [1.165, 1.54) is 11.1 Å². The zero-order chi connectivity index (χ0) is 13.9. The zero-order valence-electron chi connectivity index (χ0n) is 11.1.